The first-order valence-corrected chi connectivity index (χ1v) is 31.4. The molecule has 2 rings (SSSR count). The molecule has 0 aromatic heterocycles. The van der Waals surface area contributed by atoms with Gasteiger partial charge < -0.3 is 68.6 Å². The van der Waals surface area contributed by atoms with Gasteiger partial charge in [0.05, 0.1) is 20.3 Å². The number of benzene rings is 1. The number of cyclic esters (lactones) is 1. The van der Waals surface area contributed by atoms with Gasteiger partial charge in [0.25, 0.3) is 5.91 Å². The number of carbonyl (C=O) groups is 11. The Morgan fingerprint density at radius 3 is 1.67 bits per heavy atom. The second-order valence-corrected chi connectivity index (χ2v) is 26.1. The van der Waals surface area contributed by atoms with Crippen molar-refractivity contribution in [2.24, 2.45) is 29.6 Å². The molecular formula is C65H110N10O16. The Balaban J connectivity index is 3.02. The van der Waals surface area contributed by atoms with Crippen molar-refractivity contribution in [1.29, 1.82) is 0 Å². The molecule has 91 heavy (non-hydrogen) atoms. The number of likely N-dealkylation sites (N-methyl/N-ethyl adjacent to an activating group) is 8. The van der Waals surface area contributed by atoms with E-state index in [0.717, 1.165) is 24.5 Å². The van der Waals surface area contributed by atoms with Crippen LogP contribution in [-0.4, -0.2) is 275 Å². The standard InChI is InChI=1S/C65H110N10O16/c1-26-40(10)52-56(77)66-41(11)57(78)70(17)47(31-36(2)3)55(76)67-46(33-44-27-29-45(89-25)30-28-44)58(79)69(16)42(12)64(85)90-43(13)53(62(83)72(19)50(35-88-24)61(82)74(52)21)75(22)59(80)48(32-37(4)5)71(18)60(81)49(34-87-23)73(20)63(84)54(39(8)9)91-65(86)51(38(6)7)68(14)15/h27-30,36-43,46-54H,26,31-35H2,1-25H3,(H,66,77)(H,67,76)/t40-,41-,42+,43+,46-,47-,48-,49-,50-,51-,52-,53?,54+/m0/s1. The Bertz CT molecular complexity index is 2630. The molecule has 1 aromatic carbocycles. The molecule has 0 saturated carbocycles. The second-order valence-electron chi connectivity index (χ2n) is 26.1. The molecule has 0 radical (unpaired) electrons. The number of hydrogen-bond acceptors (Lipinski definition) is 17. The first kappa shape index (κ1) is 80.2. The number of methoxy groups -OCH3 is 3. The number of esters is 2. The smallest absolute Gasteiger partial charge is 0.328 e. The molecule has 2 N–H and O–H groups in total. The Kier molecular flexibility index (Phi) is 32.0. The summed E-state index contributed by atoms with van der Waals surface area (Å²) < 4.78 is 28.5. The van der Waals surface area contributed by atoms with E-state index in [0.29, 0.717) is 17.7 Å². The summed E-state index contributed by atoms with van der Waals surface area (Å²) in [5.41, 5.74) is 0.597. The maximum absolute atomic E-state index is 15.6. The van der Waals surface area contributed by atoms with Crippen LogP contribution in [0.2, 0.25) is 0 Å². The molecule has 1 unspecified atom stereocenters. The van der Waals surface area contributed by atoms with E-state index in [1.54, 1.807) is 64.0 Å². The van der Waals surface area contributed by atoms with Gasteiger partial charge in [-0.25, -0.2) is 4.79 Å². The lowest BCUT2D eigenvalue weighted by molar-refractivity contribution is -0.171. The van der Waals surface area contributed by atoms with Gasteiger partial charge in [0.1, 0.15) is 72.3 Å². The topological polar surface area (TPSA) is 284 Å². The minimum Gasteiger partial charge on any atom is -0.497 e. The molecule has 0 aliphatic carbocycles. The van der Waals surface area contributed by atoms with Gasteiger partial charge in [-0.05, 0) is 95.0 Å². The van der Waals surface area contributed by atoms with E-state index in [2.05, 4.69) is 10.6 Å². The predicted octanol–water partition coefficient (Wildman–Crippen LogP) is 2.57. The third-order valence-electron chi connectivity index (χ3n) is 17.2. The molecule has 0 bridgehead atoms. The summed E-state index contributed by atoms with van der Waals surface area (Å²) in [7, 11) is 17.0. The Morgan fingerprint density at radius 2 is 1.19 bits per heavy atom. The van der Waals surface area contributed by atoms with Crippen molar-refractivity contribution in [2.75, 3.05) is 98.0 Å². The minimum absolute atomic E-state index is 0.00735. The molecule has 1 heterocycles. The summed E-state index contributed by atoms with van der Waals surface area (Å²) in [5, 5.41) is 5.63. The third kappa shape index (κ3) is 21.0. The quantitative estimate of drug-likeness (QED) is 0.141. The van der Waals surface area contributed by atoms with E-state index in [1.807, 2.05) is 48.5 Å². The number of ether oxygens (including phenoxy) is 5. The summed E-state index contributed by atoms with van der Waals surface area (Å²) >= 11 is 0. The first-order chi connectivity index (χ1) is 42.3. The Hall–Kier alpha value is -6.93. The highest BCUT2D eigenvalue weighted by molar-refractivity contribution is 5.99. The van der Waals surface area contributed by atoms with Gasteiger partial charge in [-0.3, -0.25) is 52.8 Å². The molecule has 1 aromatic rings. The summed E-state index contributed by atoms with van der Waals surface area (Å²) in [6.07, 6.45) is -2.49. The molecule has 1 saturated heterocycles. The third-order valence-corrected chi connectivity index (χ3v) is 17.2. The number of carbonyl (C=O) groups excluding carboxylic acids is 11. The highest BCUT2D eigenvalue weighted by Crippen LogP contribution is 2.25. The van der Waals surface area contributed by atoms with E-state index < -0.39 is 156 Å². The maximum atomic E-state index is 15.6. The largest absolute Gasteiger partial charge is 0.497 e. The van der Waals surface area contributed by atoms with E-state index in [-0.39, 0.29) is 43.6 Å². The lowest BCUT2D eigenvalue weighted by atomic mass is 9.95. The summed E-state index contributed by atoms with van der Waals surface area (Å²) in [5.74, 6) is -9.68. The van der Waals surface area contributed by atoms with Crippen LogP contribution >= 0.6 is 0 Å². The van der Waals surface area contributed by atoms with Gasteiger partial charge in [0.15, 0.2) is 6.10 Å². The van der Waals surface area contributed by atoms with Gasteiger partial charge in [-0.15, -0.1) is 0 Å². The van der Waals surface area contributed by atoms with E-state index in [9.17, 15) is 33.6 Å². The van der Waals surface area contributed by atoms with Crippen LogP contribution in [-0.2, 0) is 78.1 Å². The van der Waals surface area contributed by atoms with Gasteiger partial charge in [0.2, 0.25) is 47.3 Å². The highest BCUT2D eigenvalue weighted by atomic mass is 16.6. The fourth-order valence-electron chi connectivity index (χ4n) is 11.3. The van der Waals surface area contributed by atoms with Crippen LogP contribution in [0.25, 0.3) is 0 Å². The molecule has 516 valence electrons. The van der Waals surface area contributed by atoms with Crippen LogP contribution in [0.15, 0.2) is 24.3 Å². The van der Waals surface area contributed by atoms with Crippen molar-refractivity contribution in [1.82, 2.24) is 49.8 Å². The SMILES string of the molecule is CC[C@H](C)[C@H]1C(=O)N[C@@H](C)C(=O)N(C)[C@@H](CC(C)C)C(=O)N[C@@H](Cc2ccc(OC)cc2)C(=O)N(C)[C@H](C)C(=O)O[C@H](C)C(N(C)C(=O)[C@H](CC(C)C)N(C)C(=O)[C@H](COC)N(C)C(=O)[C@H](OC(=O)[C@H](C(C)C)N(C)C)C(C)C)C(=O)N(C)[C@@H](COC)C(=O)N1C. The molecular weight excluding hydrogens is 1180 g/mol. The molecule has 9 amide bonds. The molecule has 0 spiro atoms. The number of amides is 9. The normalized spacial score (nSPS) is 23.3. The molecule has 26 nitrogen and oxygen atoms in total. The molecule has 13 atom stereocenters. The average Bonchev–Trinajstić information content (AvgIpc) is 0.922. The lowest BCUT2D eigenvalue weighted by Crippen LogP contribution is -2.64. The van der Waals surface area contributed by atoms with Gasteiger partial charge in [0, 0.05) is 70.0 Å². The van der Waals surface area contributed by atoms with E-state index in [1.165, 1.54) is 101 Å². The van der Waals surface area contributed by atoms with Crippen LogP contribution in [0.1, 0.15) is 115 Å². The fraction of sp³-hybridized carbons (Fsp3) is 0.738. The Morgan fingerprint density at radius 1 is 0.626 bits per heavy atom. The zero-order valence-electron chi connectivity index (χ0n) is 59.0. The highest BCUT2D eigenvalue weighted by Gasteiger charge is 2.47. The summed E-state index contributed by atoms with van der Waals surface area (Å²) in [6, 6.07) is -6.41. The molecule has 1 aliphatic heterocycles. The van der Waals surface area contributed by atoms with Crippen molar-refractivity contribution in [3.8, 4) is 5.75 Å². The van der Waals surface area contributed by atoms with Crippen molar-refractivity contribution in [2.45, 2.75) is 188 Å². The molecule has 26 heteroatoms. The lowest BCUT2D eigenvalue weighted by Gasteiger charge is -2.41. The zero-order chi connectivity index (χ0) is 70.0. The van der Waals surface area contributed by atoms with Gasteiger partial charge in [-0.1, -0.05) is 87.8 Å². The maximum Gasteiger partial charge on any atom is 0.328 e. The zero-order valence-corrected chi connectivity index (χ0v) is 59.0. The van der Waals surface area contributed by atoms with Gasteiger partial charge in [-0.2, -0.15) is 0 Å². The predicted molar refractivity (Wildman–Crippen MR) is 343 cm³/mol. The van der Waals surface area contributed by atoms with Gasteiger partial charge >= 0.3 is 11.9 Å². The van der Waals surface area contributed by atoms with Crippen molar-refractivity contribution >= 4 is 65.1 Å². The summed E-state index contributed by atoms with van der Waals surface area (Å²) in [4.78, 5) is 172. The van der Waals surface area contributed by atoms with E-state index in [4.69, 9.17) is 23.7 Å². The number of nitrogens with one attached hydrogen (secondary N) is 2. The average molecular weight is 1290 g/mol. The van der Waals surface area contributed by atoms with Crippen LogP contribution in [0.5, 0.6) is 5.75 Å². The molecule has 1 aliphatic rings. The minimum atomic E-state index is -1.79. The molecule has 1 fully saturated rings. The van der Waals surface area contributed by atoms with E-state index >= 15 is 19.2 Å². The second kappa shape index (κ2) is 36.3. The van der Waals surface area contributed by atoms with Crippen LogP contribution in [0.3, 0.4) is 0 Å². The summed E-state index contributed by atoms with van der Waals surface area (Å²) in [6.45, 7) is 21.4. The fourth-order valence-corrected chi connectivity index (χ4v) is 11.3. The Labute approximate surface area is 540 Å². The van der Waals surface area contributed by atoms with Crippen molar-refractivity contribution in [3.05, 3.63) is 29.8 Å². The number of nitrogens with zero attached hydrogens (tertiary/aromatic N) is 8. The van der Waals surface area contributed by atoms with Crippen LogP contribution < -0.4 is 15.4 Å². The van der Waals surface area contributed by atoms with Crippen molar-refractivity contribution < 1.29 is 76.4 Å². The van der Waals surface area contributed by atoms with Crippen LogP contribution in [0, 0.1) is 29.6 Å². The number of rotatable bonds is 24. The monoisotopic (exact) mass is 1290 g/mol. The van der Waals surface area contributed by atoms with Crippen LogP contribution in [0.4, 0.5) is 0 Å². The van der Waals surface area contributed by atoms with Crippen molar-refractivity contribution in [3.63, 3.8) is 0 Å². The number of hydrogen-bond donors (Lipinski definition) is 2. The first-order valence-electron chi connectivity index (χ1n) is 31.4.